The van der Waals surface area contributed by atoms with Gasteiger partial charge in [0.05, 0.1) is 34.4 Å². The minimum Gasteiger partial charge on any atom is -1.00 e. The third-order valence-corrected chi connectivity index (χ3v) is 4.15. The molecule has 1 atom stereocenters. The molecule has 1 N–H and O–H groups in total. The summed E-state index contributed by atoms with van der Waals surface area (Å²) in [5, 5.41) is 8.82. The van der Waals surface area contributed by atoms with Crippen molar-refractivity contribution in [2.75, 3.05) is 47.5 Å². The quantitative estimate of drug-likeness (QED) is 0.289. The Bertz CT molecular complexity index is 626. The summed E-state index contributed by atoms with van der Waals surface area (Å²) in [5.74, 6) is 0.852. The number of halogens is 1. The van der Waals surface area contributed by atoms with Crippen LogP contribution >= 0.6 is 0 Å². The lowest BCUT2D eigenvalue weighted by molar-refractivity contribution is -0.870. The Morgan fingerprint density at radius 2 is 1.48 bits per heavy atom. The first-order chi connectivity index (χ1) is 12.5. The maximum Gasteiger partial charge on any atom is 0.119 e. The number of aliphatic hydroxyl groups is 1. The molecule has 150 valence electrons. The van der Waals surface area contributed by atoms with Gasteiger partial charge in [-0.05, 0) is 36.1 Å². The maximum absolute atomic E-state index is 8.82. The van der Waals surface area contributed by atoms with Crippen molar-refractivity contribution in [3.8, 4) is 5.75 Å². The number of benzene rings is 2. The molecule has 2 aromatic carbocycles. The van der Waals surface area contributed by atoms with E-state index in [2.05, 4.69) is 45.4 Å². The Hall–Kier alpha value is -1.15. The fourth-order valence-corrected chi connectivity index (χ4v) is 2.60. The SMILES string of the molecule is C[N+](C)(C)CCOC(c1ccccc1)c1ccc(OCCCCO)cc1.[I-]. The van der Waals surface area contributed by atoms with Gasteiger partial charge >= 0.3 is 0 Å². The number of quaternary nitrogens is 1. The van der Waals surface area contributed by atoms with Crippen molar-refractivity contribution in [3.63, 3.8) is 0 Å². The van der Waals surface area contributed by atoms with Gasteiger partial charge in [-0.2, -0.15) is 0 Å². The number of likely N-dealkylation sites (N-methyl/N-ethyl adjacent to an activating group) is 1. The van der Waals surface area contributed by atoms with Crippen LogP contribution in [-0.4, -0.2) is 57.1 Å². The standard InChI is InChI=1S/C22H32NO3.HI/c1-23(2,3)15-18-26-22(19-9-5-4-6-10-19)20-11-13-21(14-12-20)25-17-8-7-16-24;/h4-6,9-14,22,24H,7-8,15-18H2,1-3H3;1H/q+1;/p-1. The van der Waals surface area contributed by atoms with Crippen LogP contribution in [0.5, 0.6) is 5.75 Å². The Balaban J connectivity index is 0.00000364. The summed E-state index contributed by atoms with van der Waals surface area (Å²) in [7, 11) is 6.51. The van der Waals surface area contributed by atoms with Crippen LogP contribution in [0.3, 0.4) is 0 Å². The Labute approximate surface area is 180 Å². The Morgan fingerprint density at radius 3 is 2.07 bits per heavy atom. The lowest BCUT2D eigenvalue weighted by Gasteiger charge is -2.26. The number of nitrogens with zero attached hydrogens (tertiary/aromatic N) is 1. The van der Waals surface area contributed by atoms with Crippen LogP contribution in [0.1, 0.15) is 30.1 Å². The molecule has 0 aliphatic carbocycles. The van der Waals surface area contributed by atoms with Gasteiger partial charge in [-0.15, -0.1) is 0 Å². The second kappa shape index (κ2) is 12.3. The molecule has 0 fully saturated rings. The van der Waals surface area contributed by atoms with Gasteiger partial charge in [-0.1, -0.05) is 42.5 Å². The fourth-order valence-electron chi connectivity index (χ4n) is 2.60. The van der Waals surface area contributed by atoms with Crippen molar-refractivity contribution in [1.82, 2.24) is 0 Å². The molecule has 4 nitrogen and oxygen atoms in total. The highest BCUT2D eigenvalue weighted by atomic mass is 127. The van der Waals surface area contributed by atoms with Crippen molar-refractivity contribution in [2.45, 2.75) is 18.9 Å². The summed E-state index contributed by atoms with van der Waals surface area (Å²) < 4.78 is 12.9. The van der Waals surface area contributed by atoms with Crippen LogP contribution in [0.15, 0.2) is 54.6 Å². The Kier molecular flexibility index (Phi) is 10.9. The summed E-state index contributed by atoms with van der Waals surface area (Å²) >= 11 is 0. The first-order valence-electron chi connectivity index (χ1n) is 9.30. The number of unbranched alkanes of at least 4 members (excludes halogenated alkanes) is 1. The molecule has 27 heavy (non-hydrogen) atoms. The van der Waals surface area contributed by atoms with E-state index in [0.29, 0.717) is 13.2 Å². The van der Waals surface area contributed by atoms with Crippen LogP contribution in [0.25, 0.3) is 0 Å². The van der Waals surface area contributed by atoms with Gasteiger partial charge in [-0.25, -0.2) is 0 Å². The summed E-state index contributed by atoms with van der Waals surface area (Å²) in [6.07, 6.45) is 1.55. The van der Waals surface area contributed by atoms with Crippen LogP contribution < -0.4 is 28.7 Å². The second-order valence-electron chi connectivity index (χ2n) is 7.52. The monoisotopic (exact) mass is 485 g/mol. The van der Waals surface area contributed by atoms with Gasteiger partial charge in [0.1, 0.15) is 18.4 Å². The summed E-state index contributed by atoms with van der Waals surface area (Å²) in [4.78, 5) is 0. The van der Waals surface area contributed by atoms with Crippen molar-refractivity contribution in [2.24, 2.45) is 0 Å². The van der Waals surface area contributed by atoms with E-state index >= 15 is 0 Å². The van der Waals surface area contributed by atoms with E-state index in [9.17, 15) is 0 Å². The van der Waals surface area contributed by atoms with Crippen molar-refractivity contribution in [1.29, 1.82) is 0 Å². The number of ether oxygens (including phenoxy) is 2. The molecular formula is C22H32INO3. The molecule has 0 spiro atoms. The zero-order chi connectivity index (χ0) is 18.8. The molecule has 0 bridgehead atoms. The van der Waals surface area contributed by atoms with Gasteiger partial charge in [-0.3, -0.25) is 0 Å². The van der Waals surface area contributed by atoms with E-state index in [1.807, 2.05) is 30.3 Å². The van der Waals surface area contributed by atoms with Crippen LogP contribution in [0, 0.1) is 0 Å². The molecule has 0 aliphatic rings. The predicted molar refractivity (Wildman–Crippen MR) is 105 cm³/mol. The third-order valence-electron chi connectivity index (χ3n) is 4.15. The number of aliphatic hydroxyl groups excluding tert-OH is 1. The lowest BCUT2D eigenvalue weighted by atomic mass is 10.0. The average Bonchev–Trinajstić information content (AvgIpc) is 2.63. The summed E-state index contributed by atoms with van der Waals surface area (Å²) in [6, 6.07) is 18.5. The van der Waals surface area contributed by atoms with E-state index in [0.717, 1.165) is 40.7 Å². The number of hydrogen-bond acceptors (Lipinski definition) is 3. The van der Waals surface area contributed by atoms with E-state index < -0.39 is 0 Å². The fraction of sp³-hybridized carbons (Fsp3) is 0.455. The topological polar surface area (TPSA) is 38.7 Å². The molecule has 1 unspecified atom stereocenters. The summed E-state index contributed by atoms with van der Waals surface area (Å²) in [6.45, 7) is 2.49. The first kappa shape index (κ1) is 23.9. The molecule has 0 saturated heterocycles. The highest BCUT2D eigenvalue weighted by Gasteiger charge is 2.16. The van der Waals surface area contributed by atoms with Gasteiger partial charge in [0.2, 0.25) is 0 Å². The van der Waals surface area contributed by atoms with E-state index in [1.54, 1.807) is 0 Å². The van der Waals surface area contributed by atoms with E-state index in [-0.39, 0.29) is 36.7 Å². The minimum absolute atomic E-state index is 0. The molecule has 2 rings (SSSR count). The average molecular weight is 485 g/mol. The molecule has 0 saturated carbocycles. The molecule has 5 heteroatoms. The molecule has 0 amide bonds. The van der Waals surface area contributed by atoms with Crippen molar-refractivity contribution < 1.29 is 43.0 Å². The summed E-state index contributed by atoms with van der Waals surface area (Å²) in [5.41, 5.74) is 2.28. The molecule has 0 radical (unpaired) electrons. The molecule has 2 aromatic rings. The normalized spacial score (nSPS) is 12.3. The molecule has 0 aromatic heterocycles. The lowest BCUT2D eigenvalue weighted by Crippen LogP contribution is -3.00. The van der Waals surface area contributed by atoms with Crippen molar-refractivity contribution >= 4 is 0 Å². The third kappa shape index (κ3) is 9.06. The predicted octanol–water partition coefficient (Wildman–Crippen LogP) is 0.654. The number of rotatable bonds is 11. The zero-order valence-electron chi connectivity index (χ0n) is 16.6. The zero-order valence-corrected chi connectivity index (χ0v) is 18.8. The van der Waals surface area contributed by atoms with Gasteiger partial charge in [0, 0.05) is 6.61 Å². The van der Waals surface area contributed by atoms with Gasteiger partial charge < -0.3 is 43.0 Å². The smallest absolute Gasteiger partial charge is 0.119 e. The molecular weight excluding hydrogens is 453 g/mol. The highest BCUT2D eigenvalue weighted by molar-refractivity contribution is 5.34. The molecule has 0 aliphatic heterocycles. The van der Waals surface area contributed by atoms with Crippen LogP contribution in [0.2, 0.25) is 0 Å². The largest absolute Gasteiger partial charge is 1.00 e. The first-order valence-corrected chi connectivity index (χ1v) is 9.30. The second-order valence-corrected chi connectivity index (χ2v) is 7.52. The molecule has 0 heterocycles. The number of hydrogen-bond donors (Lipinski definition) is 1. The van der Waals surface area contributed by atoms with Crippen LogP contribution in [-0.2, 0) is 4.74 Å². The van der Waals surface area contributed by atoms with Crippen LogP contribution in [0.4, 0.5) is 0 Å². The van der Waals surface area contributed by atoms with E-state index in [1.165, 1.54) is 0 Å². The Morgan fingerprint density at radius 1 is 0.852 bits per heavy atom. The highest BCUT2D eigenvalue weighted by Crippen LogP contribution is 2.27. The van der Waals surface area contributed by atoms with Crippen molar-refractivity contribution in [3.05, 3.63) is 65.7 Å². The van der Waals surface area contributed by atoms with E-state index in [4.69, 9.17) is 14.6 Å². The minimum atomic E-state index is -0.0776. The van der Waals surface area contributed by atoms with Gasteiger partial charge in [0.15, 0.2) is 0 Å². The maximum atomic E-state index is 8.82. The van der Waals surface area contributed by atoms with Gasteiger partial charge in [0.25, 0.3) is 0 Å².